The van der Waals surface area contributed by atoms with E-state index in [0.717, 1.165) is 32.4 Å². The minimum atomic E-state index is -0.276. The lowest BCUT2D eigenvalue weighted by Gasteiger charge is -2.34. The molecule has 1 saturated heterocycles. The van der Waals surface area contributed by atoms with E-state index >= 15 is 0 Å². The second-order valence-corrected chi connectivity index (χ2v) is 4.39. The lowest BCUT2D eigenvalue weighted by atomic mass is 9.95. The molecule has 0 spiro atoms. The Morgan fingerprint density at radius 1 is 1.35 bits per heavy atom. The van der Waals surface area contributed by atoms with Gasteiger partial charge in [0.05, 0.1) is 18.6 Å². The summed E-state index contributed by atoms with van der Waals surface area (Å²) in [6.07, 6.45) is 2.23. The van der Waals surface area contributed by atoms with Gasteiger partial charge in [0.2, 0.25) is 5.91 Å². The van der Waals surface area contributed by atoms with Crippen molar-refractivity contribution in [2.45, 2.75) is 39.2 Å². The van der Waals surface area contributed by atoms with Crippen molar-refractivity contribution < 1.29 is 14.3 Å². The highest BCUT2D eigenvalue weighted by Gasteiger charge is 2.30. The van der Waals surface area contributed by atoms with Gasteiger partial charge in [0.25, 0.3) is 0 Å². The zero-order valence-corrected chi connectivity index (χ0v) is 10.6. The van der Waals surface area contributed by atoms with Crippen LogP contribution in [0.25, 0.3) is 0 Å². The van der Waals surface area contributed by atoms with Crippen molar-refractivity contribution in [1.29, 1.82) is 0 Å². The Labute approximate surface area is 102 Å². The molecular formula is C12H22N2O3. The van der Waals surface area contributed by atoms with E-state index in [1.807, 2.05) is 13.8 Å². The number of rotatable bonds is 5. The average molecular weight is 242 g/mol. The largest absolute Gasteiger partial charge is 0.466 e. The van der Waals surface area contributed by atoms with E-state index in [2.05, 4.69) is 4.90 Å². The minimum Gasteiger partial charge on any atom is -0.466 e. The van der Waals surface area contributed by atoms with Crippen LogP contribution in [0.2, 0.25) is 0 Å². The molecule has 1 heterocycles. The zero-order chi connectivity index (χ0) is 12.8. The number of ether oxygens (including phenoxy) is 1. The molecule has 0 aliphatic carbocycles. The van der Waals surface area contributed by atoms with Gasteiger partial charge in [-0.15, -0.1) is 0 Å². The average Bonchev–Trinajstić information content (AvgIpc) is 2.30. The molecule has 1 aliphatic rings. The van der Waals surface area contributed by atoms with E-state index in [1.165, 1.54) is 0 Å². The highest BCUT2D eigenvalue weighted by Crippen LogP contribution is 2.21. The normalized spacial score (nSPS) is 19.9. The van der Waals surface area contributed by atoms with Crippen molar-refractivity contribution >= 4 is 11.9 Å². The molecule has 0 bridgehead atoms. The number of amides is 1. The number of hydrogen-bond donors (Lipinski definition) is 1. The molecule has 1 amide bonds. The number of primary amides is 1. The summed E-state index contributed by atoms with van der Waals surface area (Å²) >= 11 is 0. The molecule has 1 aliphatic heterocycles. The third-order valence-corrected chi connectivity index (χ3v) is 3.31. The van der Waals surface area contributed by atoms with Crippen molar-refractivity contribution in [2.24, 2.45) is 11.7 Å². The fourth-order valence-electron chi connectivity index (χ4n) is 2.35. The number of carbonyl (C=O) groups is 2. The van der Waals surface area contributed by atoms with E-state index in [9.17, 15) is 9.59 Å². The predicted molar refractivity (Wildman–Crippen MR) is 64.2 cm³/mol. The maximum atomic E-state index is 11.5. The Balaban J connectivity index is 2.44. The van der Waals surface area contributed by atoms with Crippen molar-refractivity contribution in [2.75, 3.05) is 19.7 Å². The number of hydrogen-bond acceptors (Lipinski definition) is 4. The minimum absolute atomic E-state index is 0.0171. The molecule has 5 heteroatoms. The second-order valence-electron chi connectivity index (χ2n) is 4.39. The van der Waals surface area contributed by atoms with Crippen LogP contribution in [0.15, 0.2) is 0 Å². The van der Waals surface area contributed by atoms with Crippen LogP contribution < -0.4 is 5.73 Å². The fraction of sp³-hybridized carbons (Fsp3) is 0.833. The molecule has 0 aromatic heterocycles. The molecule has 0 aromatic rings. The Hall–Kier alpha value is -1.10. The Kier molecular flexibility index (Phi) is 5.41. The Morgan fingerprint density at radius 2 is 1.94 bits per heavy atom. The van der Waals surface area contributed by atoms with Gasteiger partial charge in [-0.2, -0.15) is 0 Å². The first kappa shape index (κ1) is 14.0. The quantitative estimate of drug-likeness (QED) is 0.714. The van der Waals surface area contributed by atoms with Crippen LogP contribution in [0.3, 0.4) is 0 Å². The third kappa shape index (κ3) is 3.70. The standard InChI is InChI=1S/C12H22N2O3/c1-3-10(11(13)15)14-7-5-9(6-8-14)12(16)17-4-2/h9-10H,3-8H2,1-2H3,(H2,13,15). The molecule has 0 radical (unpaired) electrons. The van der Waals surface area contributed by atoms with Crippen LogP contribution in [-0.4, -0.2) is 42.5 Å². The first-order valence-electron chi connectivity index (χ1n) is 6.30. The summed E-state index contributed by atoms with van der Waals surface area (Å²) in [4.78, 5) is 24.8. The Bertz CT molecular complexity index is 273. The smallest absolute Gasteiger partial charge is 0.309 e. The van der Waals surface area contributed by atoms with Gasteiger partial charge < -0.3 is 10.5 Å². The summed E-state index contributed by atoms with van der Waals surface area (Å²) in [5.41, 5.74) is 5.35. The van der Waals surface area contributed by atoms with Gasteiger partial charge in [-0.3, -0.25) is 14.5 Å². The molecule has 17 heavy (non-hydrogen) atoms. The SMILES string of the molecule is CCOC(=O)C1CCN(C(CC)C(N)=O)CC1. The summed E-state index contributed by atoms with van der Waals surface area (Å²) < 4.78 is 5.00. The first-order chi connectivity index (χ1) is 8.10. The highest BCUT2D eigenvalue weighted by atomic mass is 16.5. The summed E-state index contributed by atoms with van der Waals surface area (Å²) in [5.74, 6) is -0.405. The van der Waals surface area contributed by atoms with Gasteiger partial charge in [0.1, 0.15) is 0 Å². The van der Waals surface area contributed by atoms with E-state index < -0.39 is 0 Å². The zero-order valence-electron chi connectivity index (χ0n) is 10.6. The number of nitrogens with zero attached hydrogens (tertiary/aromatic N) is 1. The van der Waals surface area contributed by atoms with Crippen molar-refractivity contribution in [3.63, 3.8) is 0 Å². The lowest BCUT2D eigenvalue weighted by Crippen LogP contribution is -2.48. The van der Waals surface area contributed by atoms with E-state index in [1.54, 1.807) is 0 Å². The topological polar surface area (TPSA) is 72.6 Å². The molecule has 1 atom stereocenters. The summed E-state index contributed by atoms with van der Waals surface area (Å²) in [6, 6.07) is -0.196. The number of nitrogens with two attached hydrogens (primary N) is 1. The van der Waals surface area contributed by atoms with Gasteiger partial charge >= 0.3 is 5.97 Å². The predicted octanol–water partition coefficient (Wildman–Crippen LogP) is 0.525. The molecule has 2 N–H and O–H groups in total. The van der Waals surface area contributed by atoms with Gasteiger partial charge in [-0.1, -0.05) is 6.92 Å². The summed E-state index contributed by atoms with van der Waals surface area (Å²) in [6.45, 7) is 5.67. The molecular weight excluding hydrogens is 220 g/mol. The van der Waals surface area contributed by atoms with Crippen molar-refractivity contribution in [3.8, 4) is 0 Å². The van der Waals surface area contributed by atoms with Gasteiger partial charge in [-0.05, 0) is 39.3 Å². The van der Waals surface area contributed by atoms with Crippen LogP contribution in [0.1, 0.15) is 33.1 Å². The summed E-state index contributed by atoms with van der Waals surface area (Å²) in [5, 5.41) is 0. The third-order valence-electron chi connectivity index (χ3n) is 3.31. The molecule has 1 fully saturated rings. The van der Waals surface area contributed by atoms with Crippen molar-refractivity contribution in [3.05, 3.63) is 0 Å². The monoisotopic (exact) mass is 242 g/mol. The second kappa shape index (κ2) is 6.59. The fourth-order valence-corrected chi connectivity index (χ4v) is 2.35. The highest BCUT2D eigenvalue weighted by molar-refractivity contribution is 5.79. The summed E-state index contributed by atoms with van der Waals surface area (Å²) in [7, 11) is 0. The Morgan fingerprint density at radius 3 is 2.35 bits per heavy atom. The van der Waals surface area contributed by atoms with Crippen LogP contribution in [-0.2, 0) is 14.3 Å². The van der Waals surface area contributed by atoms with E-state index in [4.69, 9.17) is 10.5 Å². The first-order valence-corrected chi connectivity index (χ1v) is 6.30. The molecule has 5 nitrogen and oxygen atoms in total. The van der Waals surface area contributed by atoms with Crippen LogP contribution in [0.4, 0.5) is 0 Å². The van der Waals surface area contributed by atoms with E-state index in [-0.39, 0.29) is 23.8 Å². The number of likely N-dealkylation sites (tertiary alicyclic amines) is 1. The molecule has 1 rings (SSSR count). The molecule has 0 saturated carbocycles. The maximum Gasteiger partial charge on any atom is 0.309 e. The van der Waals surface area contributed by atoms with Crippen LogP contribution >= 0.6 is 0 Å². The van der Waals surface area contributed by atoms with E-state index in [0.29, 0.717) is 6.61 Å². The molecule has 98 valence electrons. The molecule has 0 aromatic carbocycles. The maximum absolute atomic E-state index is 11.5. The number of piperidine rings is 1. The van der Waals surface area contributed by atoms with Gasteiger partial charge in [0.15, 0.2) is 0 Å². The van der Waals surface area contributed by atoms with Crippen LogP contribution in [0.5, 0.6) is 0 Å². The number of carbonyl (C=O) groups excluding carboxylic acids is 2. The van der Waals surface area contributed by atoms with Gasteiger partial charge in [-0.25, -0.2) is 0 Å². The lowest BCUT2D eigenvalue weighted by molar-refractivity contribution is -0.149. The van der Waals surface area contributed by atoms with Crippen LogP contribution in [0, 0.1) is 5.92 Å². The van der Waals surface area contributed by atoms with Gasteiger partial charge in [0, 0.05) is 0 Å². The number of esters is 1. The molecule has 1 unspecified atom stereocenters. The van der Waals surface area contributed by atoms with Crippen molar-refractivity contribution in [1.82, 2.24) is 4.90 Å².